The Morgan fingerprint density at radius 1 is 1.38 bits per heavy atom. The summed E-state index contributed by atoms with van der Waals surface area (Å²) in [6.07, 6.45) is 0. The van der Waals surface area contributed by atoms with E-state index in [1.165, 1.54) is 0 Å². The summed E-state index contributed by atoms with van der Waals surface area (Å²) in [5.74, 6) is 0.602. The quantitative estimate of drug-likeness (QED) is 0.776. The van der Waals surface area contributed by atoms with E-state index in [0.717, 1.165) is 22.8 Å². The maximum absolute atomic E-state index is 11.7. The molecule has 21 heavy (non-hydrogen) atoms. The summed E-state index contributed by atoms with van der Waals surface area (Å²) in [7, 11) is 1.91. The number of nitrogens with one attached hydrogen (secondary N) is 2. The van der Waals surface area contributed by atoms with E-state index >= 15 is 0 Å². The number of carbonyl (C=O) groups excluding carboxylic acids is 1. The molecule has 118 valence electrons. The molecule has 0 bridgehead atoms. The number of benzene rings is 1. The number of carbonyl (C=O) groups is 1. The smallest absolute Gasteiger partial charge is 0.239 e. The van der Waals surface area contributed by atoms with Crippen LogP contribution < -0.4 is 15.5 Å². The molecule has 0 heterocycles. The van der Waals surface area contributed by atoms with Crippen LogP contribution in [0, 0.1) is 5.92 Å². The highest BCUT2D eigenvalue weighted by atomic mass is 35.5. The average molecular weight is 312 g/mol. The fourth-order valence-electron chi connectivity index (χ4n) is 2.12. The first-order chi connectivity index (χ1) is 9.95. The number of hydrogen-bond acceptors (Lipinski definition) is 3. The van der Waals surface area contributed by atoms with E-state index in [9.17, 15) is 4.79 Å². The number of hydrogen-bond donors (Lipinski definition) is 2. The van der Waals surface area contributed by atoms with E-state index in [1.807, 2.05) is 37.1 Å². The summed E-state index contributed by atoms with van der Waals surface area (Å²) in [5, 5.41) is 6.94. The zero-order valence-corrected chi connectivity index (χ0v) is 14.1. The molecule has 1 aromatic carbocycles. The molecule has 5 heteroatoms. The molecule has 0 spiro atoms. The molecule has 1 amide bonds. The molecule has 0 aromatic heterocycles. The van der Waals surface area contributed by atoms with Crippen molar-refractivity contribution in [1.29, 1.82) is 0 Å². The van der Waals surface area contributed by atoms with Gasteiger partial charge in [-0.25, -0.2) is 0 Å². The Labute approximate surface area is 132 Å². The highest BCUT2D eigenvalue weighted by Gasteiger charge is 2.13. The fraction of sp³-hybridized carbons (Fsp3) is 0.562. The van der Waals surface area contributed by atoms with Gasteiger partial charge in [0, 0.05) is 36.4 Å². The first kappa shape index (κ1) is 17.8. The summed E-state index contributed by atoms with van der Waals surface area (Å²) >= 11 is 6.32. The Balaban J connectivity index is 2.80. The molecule has 0 atom stereocenters. The summed E-state index contributed by atoms with van der Waals surface area (Å²) in [6.45, 7) is 8.86. The van der Waals surface area contributed by atoms with E-state index in [0.29, 0.717) is 25.6 Å². The largest absolute Gasteiger partial charge is 0.365 e. The molecule has 0 aliphatic rings. The Hall–Kier alpha value is -1.26. The van der Waals surface area contributed by atoms with Crippen molar-refractivity contribution in [2.24, 2.45) is 5.92 Å². The van der Waals surface area contributed by atoms with Crippen molar-refractivity contribution in [1.82, 2.24) is 10.6 Å². The SMILES string of the molecule is CCNC(=O)CN(C)c1cccc(Cl)c1CNCC(C)C. The minimum atomic E-state index is 0.0149. The van der Waals surface area contributed by atoms with Gasteiger partial charge in [-0.15, -0.1) is 0 Å². The average Bonchev–Trinajstić information content (AvgIpc) is 2.40. The van der Waals surface area contributed by atoms with E-state index in [4.69, 9.17) is 11.6 Å². The van der Waals surface area contributed by atoms with Gasteiger partial charge in [0.05, 0.1) is 6.54 Å². The van der Waals surface area contributed by atoms with Crippen molar-refractivity contribution in [2.75, 3.05) is 31.6 Å². The van der Waals surface area contributed by atoms with E-state index in [2.05, 4.69) is 24.5 Å². The third-order valence-corrected chi connectivity index (χ3v) is 3.47. The van der Waals surface area contributed by atoms with Crippen LogP contribution >= 0.6 is 11.6 Å². The normalized spacial score (nSPS) is 10.8. The first-order valence-corrected chi connectivity index (χ1v) is 7.79. The monoisotopic (exact) mass is 311 g/mol. The molecule has 0 aliphatic heterocycles. The van der Waals surface area contributed by atoms with Gasteiger partial charge < -0.3 is 15.5 Å². The Bertz CT molecular complexity index is 463. The summed E-state index contributed by atoms with van der Waals surface area (Å²) < 4.78 is 0. The molecule has 0 radical (unpaired) electrons. The van der Waals surface area contributed by atoms with Crippen LogP contribution in [0.1, 0.15) is 26.3 Å². The minimum absolute atomic E-state index is 0.0149. The minimum Gasteiger partial charge on any atom is -0.365 e. The van der Waals surface area contributed by atoms with Gasteiger partial charge in [-0.2, -0.15) is 0 Å². The maximum atomic E-state index is 11.7. The third-order valence-electron chi connectivity index (χ3n) is 3.11. The second-order valence-electron chi connectivity index (χ2n) is 5.57. The van der Waals surface area contributed by atoms with Crippen LogP contribution in [0.15, 0.2) is 18.2 Å². The van der Waals surface area contributed by atoms with Crippen LogP contribution in [0.5, 0.6) is 0 Å². The highest BCUT2D eigenvalue weighted by molar-refractivity contribution is 6.31. The lowest BCUT2D eigenvalue weighted by atomic mass is 10.1. The number of amides is 1. The maximum Gasteiger partial charge on any atom is 0.239 e. The van der Waals surface area contributed by atoms with Gasteiger partial charge in [0.25, 0.3) is 0 Å². The van der Waals surface area contributed by atoms with Crippen molar-refractivity contribution in [3.63, 3.8) is 0 Å². The number of nitrogens with zero attached hydrogens (tertiary/aromatic N) is 1. The number of anilines is 1. The molecule has 1 rings (SSSR count). The zero-order chi connectivity index (χ0) is 15.8. The molecule has 0 aliphatic carbocycles. The predicted molar refractivity (Wildman–Crippen MR) is 90.0 cm³/mol. The lowest BCUT2D eigenvalue weighted by Gasteiger charge is -2.23. The van der Waals surface area contributed by atoms with Crippen molar-refractivity contribution < 1.29 is 4.79 Å². The van der Waals surface area contributed by atoms with Crippen molar-refractivity contribution in [3.05, 3.63) is 28.8 Å². The van der Waals surface area contributed by atoms with Gasteiger partial charge in [0.2, 0.25) is 5.91 Å². The second kappa shape index (κ2) is 8.90. The topological polar surface area (TPSA) is 44.4 Å². The van der Waals surface area contributed by atoms with E-state index in [1.54, 1.807) is 0 Å². The predicted octanol–water partition coefficient (Wildman–Crippen LogP) is 2.66. The van der Waals surface area contributed by atoms with Gasteiger partial charge in [-0.05, 0) is 31.5 Å². The van der Waals surface area contributed by atoms with Gasteiger partial charge in [0.1, 0.15) is 0 Å². The number of likely N-dealkylation sites (N-methyl/N-ethyl adjacent to an activating group) is 2. The second-order valence-corrected chi connectivity index (χ2v) is 5.98. The lowest BCUT2D eigenvalue weighted by molar-refractivity contribution is -0.119. The lowest BCUT2D eigenvalue weighted by Crippen LogP contribution is -2.35. The molecule has 0 fully saturated rings. The van der Waals surface area contributed by atoms with Crippen LogP contribution in [0.25, 0.3) is 0 Å². The number of rotatable bonds is 8. The van der Waals surface area contributed by atoms with Crippen LogP contribution in [0.2, 0.25) is 5.02 Å². The van der Waals surface area contributed by atoms with Crippen LogP contribution in [0.4, 0.5) is 5.69 Å². The van der Waals surface area contributed by atoms with E-state index < -0.39 is 0 Å². The molecule has 1 aromatic rings. The fourth-order valence-corrected chi connectivity index (χ4v) is 2.36. The molecule has 0 saturated heterocycles. The van der Waals surface area contributed by atoms with Crippen molar-refractivity contribution in [2.45, 2.75) is 27.3 Å². The standard InChI is InChI=1S/C16H26ClN3O/c1-5-19-16(21)11-20(4)15-8-6-7-14(17)13(15)10-18-9-12(2)3/h6-8,12,18H,5,9-11H2,1-4H3,(H,19,21). The summed E-state index contributed by atoms with van der Waals surface area (Å²) in [6, 6.07) is 5.80. The molecular weight excluding hydrogens is 286 g/mol. The Kier molecular flexibility index (Phi) is 7.54. The summed E-state index contributed by atoms with van der Waals surface area (Å²) in [5.41, 5.74) is 2.02. The van der Waals surface area contributed by atoms with Gasteiger partial charge in [-0.3, -0.25) is 4.79 Å². The van der Waals surface area contributed by atoms with Crippen LogP contribution in [-0.4, -0.2) is 32.6 Å². The Morgan fingerprint density at radius 3 is 2.71 bits per heavy atom. The number of halogens is 1. The van der Waals surface area contributed by atoms with Gasteiger partial charge in [0.15, 0.2) is 0 Å². The molecule has 2 N–H and O–H groups in total. The van der Waals surface area contributed by atoms with Gasteiger partial charge >= 0.3 is 0 Å². The Morgan fingerprint density at radius 2 is 2.10 bits per heavy atom. The molecule has 4 nitrogen and oxygen atoms in total. The van der Waals surface area contributed by atoms with Crippen LogP contribution in [-0.2, 0) is 11.3 Å². The molecule has 0 unspecified atom stereocenters. The summed E-state index contributed by atoms with van der Waals surface area (Å²) in [4.78, 5) is 13.7. The molecule has 0 saturated carbocycles. The third kappa shape index (κ3) is 5.94. The van der Waals surface area contributed by atoms with Crippen molar-refractivity contribution >= 4 is 23.2 Å². The first-order valence-electron chi connectivity index (χ1n) is 7.41. The van der Waals surface area contributed by atoms with E-state index in [-0.39, 0.29) is 5.91 Å². The zero-order valence-electron chi connectivity index (χ0n) is 13.4. The highest BCUT2D eigenvalue weighted by Crippen LogP contribution is 2.26. The van der Waals surface area contributed by atoms with Crippen molar-refractivity contribution in [3.8, 4) is 0 Å². The molecular formula is C16H26ClN3O. The van der Waals surface area contributed by atoms with Gasteiger partial charge in [-0.1, -0.05) is 31.5 Å². The van der Waals surface area contributed by atoms with Crippen LogP contribution in [0.3, 0.4) is 0 Å².